The number of hydrogen-bond donors (Lipinski definition) is 0. The highest BCUT2D eigenvalue weighted by atomic mass is 16.5. The van der Waals surface area contributed by atoms with Gasteiger partial charge in [-0.2, -0.15) is 15.6 Å². The Morgan fingerprint density at radius 2 is 1.59 bits per heavy atom. The number of anilines is 1. The number of benzene rings is 3. The summed E-state index contributed by atoms with van der Waals surface area (Å²) < 4.78 is 5.28. The number of rotatable bonds is 4. The largest absolute Gasteiger partial charge is 0.497 e. The Kier molecular flexibility index (Phi) is 4.97. The average molecular weight is 378 g/mol. The van der Waals surface area contributed by atoms with Crippen molar-refractivity contribution in [3.63, 3.8) is 0 Å². The highest BCUT2D eigenvalue weighted by Crippen LogP contribution is 2.37. The number of hydrogen-bond acceptors (Lipinski definition) is 5. The van der Waals surface area contributed by atoms with Crippen LogP contribution in [-0.2, 0) is 0 Å². The molecular formula is C24H18N4O. The molecule has 0 radical (unpaired) electrons. The fourth-order valence-electron chi connectivity index (χ4n) is 3.56. The standard InChI is InChI=1S/C24H18N4O/c1-29-21-13-11-18(12-14-21)23-22(16-26)28(20-5-3-2-4-6-20)27-24(23)19-9-7-17(15-25)8-10-19/h2-14,22-23H,1H3. The van der Waals surface area contributed by atoms with Crippen LogP contribution in [0.3, 0.4) is 0 Å². The molecule has 4 rings (SSSR count). The van der Waals surface area contributed by atoms with Gasteiger partial charge < -0.3 is 4.74 Å². The van der Waals surface area contributed by atoms with Crippen LogP contribution in [0.25, 0.3) is 0 Å². The van der Waals surface area contributed by atoms with Crippen molar-refractivity contribution in [2.45, 2.75) is 12.0 Å². The Bertz CT molecular complexity index is 1110. The van der Waals surface area contributed by atoms with Crippen molar-refractivity contribution in [1.82, 2.24) is 0 Å². The van der Waals surface area contributed by atoms with Crippen LogP contribution in [0.1, 0.15) is 22.6 Å². The third kappa shape index (κ3) is 3.42. The maximum Gasteiger partial charge on any atom is 0.151 e. The van der Waals surface area contributed by atoms with E-state index in [9.17, 15) is 5.26 Å². The molecule has 0 saturated carbocycles. The quantitative estimate of drug-likeness (QED) is 0.672. The van der Waals surface area contributed by atoms with E-state index in [1.807, 2.05) is 66.7 Å². The van der Waals surface area contributed by atoms with Gasteiger partial charge in [0.15, 0.2) is 6.04 Å². The maximum atomic E-state index is 10.0. The monoisotopic (exact) mass is 378 g/mol. The van der Waals surface area contributed by atoms with Gasteiger partial charge in [-0.05, 0) is 47.5 Å². The molecule has 0 fully saturated rings. The molecule has 0 bridgehead atoms. The van der Waals surface area contributed by atoms with E-state index >= 15 is 0 Å². The topological polar surface area (TPSA) is 72.4 Å². The highest BCUT2D eigenvalue weighted by Gasteiger charge is 2.40. The van der Waals surface area contributed by atoms with Gasteiger partial charge in [0.1, 0.15) is 5.75 Å². The van der Waals surface area contributed by atoms with Gasteiger partial charge in [0.05, 0.1) is 42.1 Å². The summed E-state index contributed by atoms with van der Waals surface area (Å²) >= 11 is 0. The molecule has 0 aliphatic carbocycles. The van der Waals surface area contributed by atoms with Crippen LogP contribution >= 0.6 is 0 Å². The first-order valence-corrected chi connectivity index (χ1v) is 9.22. The minimum atomic E-state index is -0.489. The molecule has 2 unspecified atom stereocenters. The molecule has 5 heteroatoms. The Hall–Kier alpha value is -4.09. The first-order valence-electron chi connectivity index (χ1n) is 9.22. The molecule has 0 amide bonds. The third-order valence-corrected chi connectivity index (χ3v) is 5.03. The van der Waals surface area contributed by atoms with Crippen molar-refractivity contribution in [3.8, 4) is 17.9 Å². The SMILES string of the molecule is COc1ccc(C2C(c3ccc(C#N)cc3)=NN(c3ccccc3)C2C#N)cc1. The number of ether oxygens (including phenoxy) is 1. The molecule has 3 aromatic carbocycles. The molecule has 0 spiro atoms. The lowest BCUT2D eigenvalue weighted by molar-refractivity contribution is 0.414. The van der Waals surface area contributed by atoms with Gasteiger partial charge in [0.2, 0.25) is 0 Å². The van der Waals surface area contributed by atoms with Crippen LogP contribution < -0.4 is 9.75 Å². The number of methoxy groups -OCH3 is 1. The van der Waals surface area contributed by atoms with E-state index in [1.54, 1.807) is 24.3 Å². The van der Waals surface area contributed by atoms with Gasteiger partial charge in [-0.3, -0.25) is 0 Å². The van der Waals surface area contributed by atoms with Crippen LogP contribution in [0.2, 0.25) is 0 Å². The zero-order valence-electron chi connectivity index (χ0n) is 15.9. The predicted octanol–water partition coefficient (Wildman–Crippen LogP) is 4.47. The number of hydrazone groups is 1. The van der Waals surface area contributed by atoms with E-state index in [0.29, 0.717) is 5.56 Å². The number of nitriles is 2. The molecule has 5 nitrogen and oxygen atoms in total. The van der Waals surface area contributed by atoms with Crippen molar-refractivity contribution in [2.75, 3.05) is 12.1 Å². The lowest BCUT2D eigenvalue weighted by atomic mass is 9.85. The van der Waals surface area contributed by atoms with Crippen LogP contribution in [0.4, 0.5) is 5.69 Å². The first kappa shape index (κ1) is 18.3. The molecule has 2 atom stereocenters. The summed E-state index contributed by atoms with van der Waals surface area (Å²) in [6.45, 7) is 0. The highest BCUT2D eigenvalue weighted by molar-refractivity contribution is 6.08. The van der Waals surface area contributed by atoms with Crippen LogP contribution in [0.5, 0.6) is 5.75 Å². The van der Waals surface area contributed by atoms with E-state index < -0.39 is 6.04 Å². The molecule has 29 heavy (non-hydrogen) atoms. The number of nitrogens with zero attached hydrogens (tertiary/aromatic N) is 4. The Labute approximate surface area is 169 Å². The molecule has 1 aliphatic rings. The molecular weight excluding hydrogens is 360 g/mol. The predicted molar refractivity (Wildman–Crippen MR) is 112 cm³/mol. The maximum absolute atomic E-state index is 10.0. The molecule has 0 aromatic heterocycles. The van der Waals surface area contributed by atoms with Gasteiger partial charge in [-0.15, -0.1) is 0 Å². The summed E-state index contributed by atoms with van der Waals surface area (Å²) in [4.78, 5) is 0. The van der Waals surface area contributed by atoms with Gasteiger partial charge in [-0.1, -0.05) is 42.5 Å². The van der Waals surface area contributed by atoms with Crippen molar-refractivity contribution >= 4 is 11.4 Å². The van der Waals surface area contributed by atoms with Gasteiger partial charge in [-0.25, -0.2) is 5.01 Å². The van der Waals surface area contributed by atoms with Crippen molar-refractivity contribution in [2.24, 2.45) is 5.10 Å². The lowest BCUT2D eigenvalue weighted by Crippen LogP contribution is -2.30. The first-order chi connectivity index (χ1) is 14.2. The van der Waals surface area contributed by atoms with Crippen LogP contribution in [0, 0.1) is 22.7 Å². The summed E-state index contributed by atoms with van der Waals surface area (Å²) in [7, 11) is 1.63. The molecule has 140 valence electrons. The second-order valence-electron chi connectivity index (χ2n) is 6.68. The van der Waals surface area contributed by atoms with E-state index in [2.05, 4.69) is 12.1 Å². The summed E-state index contributed by atoms with van der Waals surface area (Å²) in [6, 6.07) is 28.8. The van der Waals surface area contributed by atoms with Gasteiger partial charge >= 0.3 is 0 Å². The summed E-state index contributed by atoms with van der Waals surface area (Å²) in [5.41, 5.74) is 4.13. The second kappa shape index (κ2) is 7.88. The third-order valence-electron chi connectivity index (χ3n) is 5.03. The lowest BCUT2D eigenvalue weighted by Gasteiger charge is -2.22. The molecule has 1 aliphatic heterocycles. The van der Waals surface area contributed by atoms with E-state index in [4.69, 9.17) is 15.1 Å². The zero-order chi connectivity index (χ0) is 20.2. The zero-order valence-corrected chi connectivity index (χ0v) is 15.9. The molecule has 0 saturated heterocycles. The average Bonchev–Trinajstić information content (AvgIpc) is 3.19. The van der Waals surface area contributed by atoms with Gasteiger partial charge in [0, 0.05) is 0 Å². The van der Waals surface area contributed by atoms with Crippen LogP contribution in [-0.4, -0.2) is 18.9 Å². The smallest absolute Gasteiger partial charge is 0.151 e. The Morgan fingerprint density at radius 1 is 0.897 bits per heavy atom. The fraction of sp³-hybridized carbons (Fsp3) is 0.125. The Morgan fingerprint density at radius 3 is 2.17 bits per heavy atom. The summed E-state index contributed by atoms with van der Waals surface area (Å²) in [5, 5.41) is 25.8. The minimum absolute atomic E-state index is 0.237. The van der Waals surface area contributed by atoms with E-state index in [-0.39, 0.29) is 5.92 Å². The van der Waals surface area contributed by atoms with Crippen LogP contribution in [0.15, 0.2) is 84.0 Å². The van der Waals surface area contributed by atoms with E-state index in [0.717, 1.165) is 28.3 Å². The van der Waals surface area contributed by atoms with Crippen molar-refractivity contribution in [1.29, 1.82) is 10.5 Å². The Balaban J connectivity index is 1.83. The summed E-state index contributed by atoms with van der Waals surface area (Å²) in [5.74, 6) is 0.524. The second-order valence-corrected chi connectivity index (χ2v) is 6.68. The molecule has 0 N–H and O–H groups in total. The van der Waals surface area contributed by atoms with Crippen molar-refractivity contribution < 1.29 is 4.74 Å². The molecule has 3 aromatic rings. The van der Waals surface area contributed by atoms with Gasteiger partial charge in [0.25, 0.3) is 0 Å². The number of para-hydroxylation sites is 1. The normalized spacial score (nSPS) is 17.9. The van der Waals surface area contributed by atoms with Crippen molar-refractivity contribution in [3.05, 3.63) is 95.6 Å². The fourth-order valence-corrected chi connectivity index (χ4v) is 3.56. The van der Waals surface area contributed by atoms with E-state index in [1.165, 1.54) is 0 Å². The molecule has 1 heterocycles. The minimum Gasteiger partial charge on any atom is -0.497 e. The summed E-state index contributed by atoms with van der Waals surface area (Å²) in [6.07, 6.45) is 0.